The van der Waals surface area contributed by atoms with Gasteiger partial charge in [0, 0.05) is 11.6 Å². The Bertz CT molecular complexity index is 1210. The molecule has 0 heterocycles. The molecule has 0 atom stereocenters. The van der Waals surface area contributed by atoms with Gasteiger partial charge >= 0.3 is 0 Å². The fourth-order valence-electron chi connectivity index (χ4n) is 3.09. The van der Waals surface area contributed by atoms with Crippen LogP contribution in [0.25, 0.3) is 0 Å². The predicted molar refractivity (Wildman–Crippen MR) is 129 cm³/mol. The summed E-state index contributed by atoms with van der Waals surface area (Å²) in [6, 6.07) is 15.9. The van der Waals surface area contributed by atoms with Gasteiger partial charge in [0.05, 0.1) is 28.3 Å². The Kier molecular flexibility index (Phi) is 7.78. The summed E-state index contributed by atoms with van der Waals surface area (Å²) in [4.78, 5) is 23.0. The molecule has 0 fully saturated rings. The Morgan fingerprint density at radius 3 is 2.58 bits per heavy atom. The number of nitro benzene ring substituents is 1. The topological polar surface area (TPSA) is 103 Å². The van der Waals surface area contributed by atoms with E-state index < -0.39 is 10.8 Å². The van der Waals surface area contributed by atoms with Crippen molar-refractivity contribution in [1.82, 2.24) is 5.43 Å². The van der Waals surface area contributed by atoms with Gasteiger partial charge in [0.25, 0.3) is 11.6 Å². The number of hydrazone groups is 1. The summed E-state index contributed by atoms with van der Waals surface area (Å²) in [7, 11) is 1.54. The molecule has 0 radical (unpaired) electrons. The third-order valence-corrected chi connectivity index (χ3v) is 5.47. The van der Waals surface area contributed by atoms with Crippen molar-refractivity contribution in [2.75, 3.05) is 7.11 Å². The molecule has 3 rings (SSSR count). The molecule has 0 spiro atoms. The largest absolute Gasteiger partial charge is 0.493 e. The van der Waals surface area contributed by atoms with Gasteiger partial charge in [-0.3, -0.25) is 14.9 Å². The molecule has 0 saturated carbocycles. The van der Waals surface area contributed by atoms with E-state index in [0.29, 0.717) is 28.1 Å². The number of aryl methyl sites for hydroxylation is 1. The summed E-state index contributed by atoms with van der Waals surface area (Å²) < 4.78 is 12.1. The Morgan fingerprint density at radius 1 is 1.18 bits per heavy atom. The van der Waals surface area contributed by atoms with E-state index >= 15 is 0 Å². The van der Waals surface area contributed by atoms with E-state index in [1.54, 1.807) is 12.1 Å². The number of carbonyl (C=O) groups is 1. The second-order valence-corrected chi connectivity index (χ2v) is 8.07. The molecular formula is C24H22BrN3O5. The summed E-state index contributed by atoms with van der Waals surface area (Å²) in [5.41, 5.74) is 5.58. The van der Waals surface area contributed by atoms with Crippen molar-refractivity contribution >= 4 is 33.7 Å². The highest BCUT2D eigenvalue weighted by molar-refractivity contribution is 9.10. The number of ether oxygens (including phenoxy) is 2. The molecule has 0 aliphatic heterocycles. The number of nitrogens with one attached hydrogen (secondary N) is 1. The number of hydrogen-bond acceptors (Lipinski definition) is 6. The second kappa shape index (κ2) is 10.7. The van der Waals surface area contributed by atoms with Crippen LogP contribution in [0.3, 0.4) is 0 Å². The zero-order valence-electron chi connectivity index (χ0n) is 18.3. The molecule has 0 aromatic heterocycles. The average Bonchev–Trinajstić information content (AvgIpc) is 2.79. The van der Waals surface area contributed by atoms with Gasteiger partial charge in [0.1, 0.15) is 6.61 Å². The molecular weight excluding hydrogens is 490 g/mol. The molecule has 0 bridgehead atoms. The maximum absolute atomic E-state index is 12.4. The first-order valence-electron chi connectivity index (χ1n) is 9.93. The van der Waals surface area contributed by atoms with Crippen molar-refractivity contribution in [1.29, 1.82) is 0 Å². The number of nitrogens with zero attached hydrogens (tertiary/aromatic N) is 2. The van der Waals surface area contributed by atoms with E-state index in [1.165, 1.54) is 44.0 Å². The minimum atomic E-state index is -0.545. The van der Waals surface area contributed by atoms with Crippen LogP contribution in [0.1, 0.15) is 32.6 Å². The van der Waals surface area contributed by atoms with Gasteiger partial charge in [-0.1, -0.05) is 35.9 Å². The van der Waals surface area contributed by atoms with Crippen LogP contribution in [0.2, 0.25) is 0 Å². The Morgan fingerprint density at radius 2 is 1.91 bits per heavy atom. The van der Waals surface area contributed by atoms with Gasteiger partial charge < -0.3 is 9.47 Å². The normalized spacial score (nSPS) is 10.8. The monoisotopic (exact) mass is 511 g/mol. The van der Waals surface area contributed by atoms with Crippen LogP contribution >= 0.6 is 15.9 Å². The van der Waals surface area contributed by atoms with Crippen LogP contribution in [0.4, 0.5) is 5.69 Å². The van der Waals surface area contributed by atoms with Crippen molar-refractivity contribution in [3.63, 3.8) is 0 Å². The fraction of sp³-hybridized carbons (Fsp3) is 0.167. The Labute approximate surface area is 199 Å². The molecule has 0 aliphatic carbocycles. The minimum Gasteiger partial charge on any atom is -0.493 e. The third-order valence-electron chi connectivity index (χ3n) is 4.88. The van der Waals surface area contributed by atoms with Crippen molar-refractivity contribution in [2.24, 2.45) is 5.10 Å². The standard InChI is InChI=1S/C24H22BrN3O5/c1-15-7-9-17(10-8-15)14-33-23-20(25)11-18(12-22(23)32-3)13-26-27-24(29)19-5-4-6-21(16(19)2)28(30)31/h4-13H,14H2,1-3H3,(H,27,29)/b26-13-. The second-order valence-electron chi connectivity index (χ2n) is 7.21. The van der Waals surface area contributed by atoms with E-state index in [2.05, 4.69) is 26.5 Å². The van der Waals surface area contributed by atoms with Gasteiger partial charge in [-0.15, -0.1) is 0 Å². The lowest BCUT2D eigenvalue weighted by Crippen LogP contribution is -2.19. The number of halogens is 1. The zero-order chi connectivity index (χ0) is 24.0. The first-order valence-corrected chi connectivity index (χ1v) is 10.7. The van der Waals surface area contributed by atoms with Crippen LogP contribution in [-0.2, 0) is 6.61 Å². The first-order chi connectivity index (χ1) is 15.8. The molecule has 0 saturated heterocycles. The van der Waals surface area contributed by atoms with Crippen LogP contribution in [0, 0.1) is 24.0 Å². The van der Waals surface area contributed by atoms with Gasteiger partial charge in [-0.05, 0) is 59.1 Å². The summed E-state index contributed by atoms with van der Waals surface area (Å²) in [6.07, 6.45) is 1.45. The first kappa shape index (κ1) is 23.9. The lowest BCUT2D eigenvalue weighted by molar-refractivity contribution is -0.385. The van der Waals surface area contributed by atoms with Gasteiger partial charge in [-0.25, -0.2) is 5.43 Å². The predicted octanol–water partition coefficient (Wildman–Crippen LogP) is 5.33. The SMILES string of the molecule is COc1cc(/C=N\NC(=O)c2cccc([N+](=O)[O-])c2C)cc(Br)c1OCc1ccc(C)cc1. The van der Waals surface area contributed by atoms with Crippen molar-refractivity contribution < 1.29 is 19.2 Å². The maximum Gasteiger partial charge on any atom is 0.273 e. The number of hydrogen-bond donors (Lipinski definition) is 1. The Hall–Kier alpha value is -3.72. The molecule has 0 unspecified atom stereocenters. The number of rotatable bonds is 8. The molecule has 3 aromatic rings. The summed E-state index contributed by atoms with van der Waals surface area (Å²) >= 11 is 3.49. The lowest BCUT2D eigenvalue weighted by Gasteiger charge is -2.13. The van der Waals surface area contributed by atoms with E-state index in [1.807, 2.05) is 31.2 Å². The summed E-state index contributed by atoms with van der Waals surface area (Å²) in [6.45, 7) is 3.92. The maximum atomic E-state index is 12.4. The highest BCUT2D eigenvalue weighted by Gasteiger charge is 2.17. The van der Waals surface area contributed by atoms with E-state index in [4.69, 9.17) is 9.47 Å². The molecule has 0 aliphatic rings. The number of nitro groups is 1. The Balaban J connectivity index is 1.71. The average molecular weight is 512 g/mol. The van der Waals surface area contributed by atoms with Crippen LogP contribution in [-0.4, -0.2) is 24.2 Å². The number of methoxy groups -OCH3 is 1. The van der Waals surface area contributed by atoms with Gasteiger partial charge in [0.15, 0.2) is 11.5 Å². The van der Waals surface area contributed by atoms with Crippen LogP contribution in [0.5, 0.6) is 11.5 Å². The highest BCUT2D eigenvalue weighted by atomic mass is 79.9. The molecule has 1 amide bonds. The van der Waals surface area contributed by atoms with E-state index in [9.17, 15) is 14.9 Å². The number of benzene rings is 3. The van der Waals surface area contributed by atoms with Crippen LogP contribution < -0.4 is 14.9 Å². The van der Waals surface area contributed by atoms with Crippen molar-refractivity contribution in [3.8, 4) is 11.5 Å². The molecule has 33 heavy (non-hydrogen) atoms. The van der Waals surface area contributed by atoms with Crippen molar-refractivity contribution in [3.05, 3.63) is 97.0 Å². The smallest absolute Gasteiger partial charge is 0.273 e. The molecule has 170 valence electrons. The van der Waals surface area contributed by atoms with E-state index in [0.717, 1.165) is 5.56 Å². The van der Waals surface area contributed by atoms with E-state index in [-0.39, 0.29) is 16.8 Å². The van der Waals surface area contributed by atoms with Gasteiger partial charge in [0.2, 0.25) is 0 Å². The highest BCUT2D eigenvalue weighted by Crippen LogP contribution is 2.36. The third kappa shape index (κ3) is 5.95. The number of amides is 1. The summed E-state index contributed by atoms with van der Waals surface area (Å²) in [5, 5.41) is 15.0. The quantitative estimate of drug-likeness (QED) is 0.250. The van der Waals surface area contributed by atoms with Crippen LogP contribution in [0.15, 0.2) is 64.2 Å². The molecule has 9 heteroatoms. The van der Waals surface area contributed by atoms with Crippen molar-refractivity contribution in [2.45, 2.75) is 20.5 Å². The van der Waals surface area contributed by atoms with Gasteiger partial charge in [-0.2, -0.15) is 5.10 Å². The molecule has 1 N–H and O–H groups in total. The lowest BCUT2D eigenvalue weighted by atomic mass is 10.1. The molecule has 8 nitrogen and oxygen atoms in total. The minimum absolute atomic E-state index is 0.124. The zero-order valence-corrected chi connectivity index (χ0v) is 19.9. The number of carbonyl (C=O) groups excluding carboxylic acids is 1. The summed E-state index contributed by atoms with van der Waals surface area (Å²) in [5.74, 6) is 0.502. The molecule has 3 aromatic carbocycles. The fourth-order valence-corrected chi connectivity index (χ4v) is 3.66.